The number of carbonyl (C=O) groups excluding carboxylic acids is 2. The number of nitrogens with one attached hydrogen (secondary N) is 3. The number of ether oxygens (including phenoxy) is 8. The topological polar surface area (TPSA) is 409 Å². The normalized spacial score (nSPS) is 29.3. The van der Waals surface area contributed by atoms with Crippen molar-refractivity contribution >= 4 is 83.2 Å². The van der Waals surface area contributed by atoms with Crippen LogP contribution in [-0.4, -0.2) is 192 Å². The Bertz CT molecular complexity index is 4230. The van der Waals surface area contributed by atoms with Crippen molar-refractivity contribution in [3.8, 4) is 23.3 Å². The van der Waals surface area contributed by atoms with Gasteiger partial charge in [0.15, 0.2) is 34.8 Å². The minimum Gasteiger partial charge on any atom is -0.476 e. The van der Waals surface area contributed by atoms with Crippen molar-refractivity contribution in [3.05, 3.63) is 110 Å². The zero-order valence-electron chi connectivity index (χ0n) is 55.2. The van der Waals surface area contributed by atoms with Gasteiger partial charge in [0.1, 0.15) is 59.2 Å². The number of rotatable bonds is 5. The number of anilines is 2. The van der Waals surface area contributed by atoms with Gasteiger partial charge in [0.05, 0.1) is 65.5 Å². The van der Waals surface area contributed by atoms with E-state index in [1.54, 1.807) is 43.4 Å². The molecule has 0 aliphatic carbocycles. The van der Waals surface area contributed by atoms with Crippen LogP contribution in [0.3, 0.4) is 0 Å². The molecular weight excluding hydrogens is 1330 g/mol. The first-order valence-corrected chi connectivity index (χ1v) is 35.6. The maximum atomic E-state index is 14.4. The maximum Gasteiger partial charge on any atom is 0.459 e. The molecule has 2 fully saturated rings. The van der Waals surface area contributed by atoms with Gasteiger partial charge in [-0.3, -0.25) is 27.8 Å². The summed E-state index contributed by atoms with van der Waals surface area (Å²) in [5, 5.41) is 56.8. The standard InChI is InChI=1S/C33H41N6O10P.C32H41N6O10P/c1-21-30(41)46-18-10-16-44-15-7-4-8-17-45-29-26-28(36-32(34-3)37-29)39(20-35-26)31-33(2,42)27(40)25(48-31)19-47-50(43,38-21)49-24-14-9-12-22-11-5-6-13-23(22)24;1-20-29(40)45-17-9-15-43-14-6-3-7-16-44-28-25-27(35-31(33)36-28)38(19-34-25)30-32(2,41)26(39)24(47-30)18-46-49(42,37-20)48-23-13-8-11-21-10-4-5-12-22(21)23/h4-7,9,11-14,20-21,25,27,31,40,42H,8,10,15-19H2,1-3H3,(H,38,43)(H,34,36,37);4-5,8,10-13,19-20,24,26,30,39,41H,3,6-7,9,14-18H2,1-2H3,(H,37,42)(H2,33,35,36)/t21-,25?,27+,31?,33+,50?;20-,24?,26+,30?,32+,49?/m00/s1. The molecule has 532 valence electrons. The van der Waals surface area contributed by atoms with Crippen molar-refractivity contribution in [1.82, 2.24) is 49.2 Å². The molecular formula is C65H82N12O20P2. The number of nitrogens with two attached hydrogens (primary N) is 1. The molecule has 12 bridgehead atoms. The van der Waals surface area contributed by atoms with E-state index in [0.29, 0.717) is 74.1 Å². The van der Waals surface area contributed by atoms with E-state index < -0.39 is 101 Å². The summed E-state index contributed by atoms with van der Waals surface area (Å²) in [7, 11) is -7.12. The lowest BCUT2D eigenvalue weighted by Gasteiger charge is -2.27. The van der Waals surface area contributed by atoms with Gasteiger partial charge < -0.3 is 78.4 Å². The van der Waals surface area contributed by atoms with Crippen LogP contribution in [0.15, 0.2) is 110 Å². The number of hydrogen-bond donors (Lipinski definition) is 8. The summed E-state index contributed by atoms with van der Waals surface area (Å²) < 4.78 is 102. The van der Waals surface area contributed by atoms with Gasteiger partial charge >= 0.3 is 27.4 Å². The predicted molar refractivity (Wildman–Crippen MR) is 359 cm³/mol. The lowest BCUT2D eigenvalue weighted by Crippen LogP contribution is -2.44. The van der Waals surface area contributed by atoms with Crippen LogP contribution in [0.1, 0.15) is 78.7 Å². The van der Waals surface area contributed by atoms with Gasteiger partial charge in [-0.1, -0.05) is 84.9 Å². The molecule has 6 unspecified atom stereocenters. The van der Waals surface area contributed by atoms with E-state index in [1.165, 1.54) is 49.5 Å². The summed E-state index contributed by atoms with van der Waals surface area (Å²) in [4.78, 5) is 52.1. The molecule has 0 saturated carbocycles. The number of nitrogen functional groups attached to an aromatic ring is 1. The third kappa shape index (κ3) is 17.1. The highest BCUT2D eigenvalue weighted by atomic mass is 31.2. The Hall–Kier alpha value is -8.04. The number of esters is 2. The lowest BCUT2D eigenvalue weighted by atomic mass is 9.96. The SMILES string of the molecule is CNc1nc2c3ncn(c3n1)C1OC(COP(=O)(Oc3cccc4ccccc34)N[C@@H](C)C(=O)OCCCOCC=CCCO2)[C@@H](O)[C@@]1(C)O.C[C@@H]1NP(=O)(Oc2cccc3ccccc23)OCC2OC(n3cnc4c(nc(N)nc43)OCCCCCOCCCOC1=O)[C@](C)(O)[C@@H]2O. The quantitative estimate of drug-likeness (QED) is 0.0500. The molecule has 4 aliphatic heterocycles. The fourth-order valence-corrected chi connectivity index (χ4v) is 14.4. The van der Waals surface area contributed by atoms with Crippen molar-refractivity contribution in [1.29, 1.82) is 0 Å². The van der Waals surface area contributed by atoms with Crippen LogP contribution in [-0.2, 0) is 56.2 Å². The molecule has 4 aromatic heterocycles. The van der Waals surface area contributed by atoms with E-state index in [4.69, 9.17) is 61.7 Å². The molecule has 8 aromatic rings. The number of aliphatic hydroxyl groups is 4. The van der Waals surface area contributed by atoms with Crippen molar-refractivity contribution in [2.75, 3.05) is 84.2 Å². The van der Waals surface area contributed by atoms with Gasteiger partial charge in [0, 0.05) is 43.9 Å². The van der Waals surface area contributed by atoms with Crippen LogP contribution < -0.4 is 39.7 Å². The summed E-state index contributed by atoms with van der Waals surface area (Å²) >= 11 is 0. The van der Waals surface area contributed by atoms with Crippen LogP contribution in [0.2, 0.25) is 0 Å². The zero-order valence-corrected chi connectivity index (χ0v) is 57.0. The minimum atomic E-state index is -4.39. The van der Waals surface area contributed by atoms with Gasteiger partial charge in [-0.05, 0) is 76.3 Å². The largest absolute Gasteiger partial charge is 0.476 e. The number of aliphatic hydroxyl groups excluding tert-OH is 2. The summed E-state index contributed by atoms with van der Waals surface area (Å²) in [6.07, 6.45) is 2.46. The van der Waals surface area contributed by atoms with Gasteiger partial charge in [0.2, 0.25) is 23.7 Å². The summed E-state index contributed by atoms with van der Waals surface area (Å²) in [5.41, 5.74) is 3.31. The first-order valence-electron chi connectivity index (χ1n) is 32.5. The summed E-state index contributed by atoms with van der Waals surface area (Å²) in [5.74, 6) is -0.336. The number of fused-ring (bicyclic) bond motifs is 8. The fraction of sp³-hybridized carbons (Fsp3) is 0.477. The number of carbonyl (C=O) groups is 2. The predicted octanol–water partition coefficient (Wildman–Crippen LogP) is 6.77. The van der Waals surface area contributed by atoms with Gasteiger partial charge in [-0.25, -0.2) is 19.1 Å². The molecule has 9 N–H and O–H groups in total. The lowest BCUT2D eigenvalue weighted by molar-refractivity contribution is -0.146. The van der Waals surface area contributed by atoms with E-state index in [9.17, 15) is 39.1 Å². The van der Waals surface area contributed by atoms with Crippen molar-refractivity contribution < 1.29 is 95.1 Å². The van der Waals surface area contributed by atoms with E-state index >= 15 is 0 Å². The average molecular weight is 1410 g/mol. The first kappa shape index (κ1) is 72.2. The molecule has 8 heterocycles. The molecule has 32 nitrogen and oxygen atoms in total. The van der Waals surface area contributed by atoms with Crippen LogP contribution in [0.4, 0.5) is 11.9 Å². The average Bonchev–Trinajstić information content (AvgIpc) is 1.61. The Morgan fingerprint density at radius 3 is 1.62 bits per heavy atom. The number of nitrogens with zero attached hydrogens (tertiary/aromatic N) is 8. The van der Waals surface area contributed by atoms with E-state index in [2.05, 4.69) is 45.4 Å². The molecule has 4 aromatic carbocycles. The van der Waals surface area contributed by atoms with Crippen LogP contribution in [0, 0.1) is 0 Å². The van der Waals surface area contributed by atoms with Crippen molar-refractivity contribution in [3.63, 3.8) is 0 Å². The number of cyclic esters (lactones) is 2. The second-order valence-corrected chi connectivity index (χ2v) is 27.6. The van der Waals surface area contributed by atoms with Gasteiger partial charge in [-0.15, -0.1) is 0 Å². The fourth-order valence-electron chi connectivity index (χ4n) is 11.4. The molecule has 4 aliphatic rings. The first-order chi connectivity index (χ1) is 47.6. The number of benzene rings is 4. The summed E-state index contributed by atoms with van der Waals surface area (Å²) in [6, 6.07) is 22.9. The van der Waals surface area contributed by atoms with Crippen molar-refractivity contribution in [2.45, 2.75) is 126 Å². The van der Waals surface area contributed by atoms with E-state index in [1.807, 2.05) is 60.7 Å². The van der Waals surface area contributed by atoms with Gasteiger partial charge in [-0.2, -0.15) is 30.1 Å². The monoisotopic (exact) mass is 1410 g/mol. The second kappa shape index (κ2) is 32.1. The third-order valence-corrected chi connectivity index (χ3v) is 19.9. The molecule has 2 saturated heterocycles. The second-order valence-electron chi connectivity index (χ2n) is 24.2. The molecule has 99 heavy (non-hydrogen) atoms. The van der Waals surface area contributed by atoms with Crippen LogP contribution in [0.25, 0.3) is 43.9 Å². The van der Waals surface area contributed by atoms with E-state index in [0.717, 1.165) is 30.0 Å². The molecule has 12 rings (SSSR count). The number of aromatic nitrogens is 8. The maximum absolute atomic E-state index is 14.4. The highest BCUT2D eigenvalue weighted by Gasteiger charge is 2.56. The Balaban J connectivity index is 0.000000200. The van der Waals surface area contributed by atoms with Crippen molar-refractivity contribution in [2.24, 2.45) is 0 Å². The van der Waals surface area contributed by atoms with Crippen LogP contribution >= 0.6 is 15.5 Å². The molecule has 0 radical (unpaired) electrons. The smallest absolute Gasteiger partial charge is 0.459 e. The van der Waals surface area contributed by atoms with Crippen LogP contribution in [0.5, 0.6) is 23.3 Å². The Morgan fingerprint density at radius 1 is 0.586 bits per heavy atom. The van der Waals surface area contributed by atoms with Gasteiger partial charge in [0.25, 0.3) is 0 Å². The highest BCUT2D eigenvalue weighted by Crippen LogP contribution is 2.51. The number of hydrogen-bond acceptors (Lipinski definition) is 28. The third-order valence-electron chi connectivity index (χ3n) is 16.6. The number of imidazole rings is 2. The Kier molecular flexibility index (Phi) is 23.4. The highest BCUT2D eigenvalue weighted by molar-refractivity contribution is 7.52. The minimum absolute atomic E-state index is 0.0761. The molecule has 0 spiro atoms. The summed E-state index contributed by atoms with van der Waals surface area (Å²) in [6.45, 7) is 7.15. The Morgan fingerprint density at radius 2 is 1.06 bits per heavy atom. The van der Waals surface area contributed by atoms with E-state index in [-0.39, 0.29) is 66.3 Å². The Labute approximate surface area is 568 Å². The molecule has 12 atom stereocenters. The molecule has 0 amide bonds. The molecule has 34 heteroatoms. The zero-order chi connectivity index (χ0) is 69.9.